The number of aromatic amines is 1. The molecule has 1 amide bonds. The summed E-state index contributed by atoms with van der Waals surface area (Å²) in [5, 5.41) is 3.40. The first-order valence-electron chi connectivity index (χ1n) is 5.27. The van der Waals surface area contributed by atoms with Crippen molar-refractivity contribution < 1.29 is 4.79 Å². The van der Waals surface area contributed by atoms with Gasteiger partial charge in [0, 0.05) is 29.0 Å². The molecule has 2 N–H and O–H groups in total. The maximum absolute atomic E-state index is 11.6. The van der Waals surface area contributed by atoms with E-state index in [9.17, 15) is 4.79 Å². The Hall–Kier alpha value is -1.81. The van der Waals surface area contributed by atoms with Gasteiger partial charge >= 0.3 is 0 Å². The molecular weight excluding hydrogens is 238 g/mol. The quantitative estimate of drug-likeness (QED) is 0.875. The summed E-state index contributed by atoms with van der Waals surface area (Å²) in [5.74, 6) is -0.0399. The molecule has 4 nitrogen and oxygen atoms in total. The van der Waals surface area contributed by atoms with Crippen LogP contribution in [0.15, 0.2) is 36.8 Å². The summed E-state index contributed by atoms with van der Waals surface area (Å²) >= 11 is 5.82. The van der Waals surface area contributed by atoms with E-state index in [1.807, 2.05) is 0 Å². The molecule has 0 unspecified atom stereocenters. The number of nitrogens with zero attached hydrogens (tertiary/aromatic N) is 1. The minimum Gasteiger partial charge on any atom is -0.348 e. The number of nitrogens with one attached hydrogen (secondary N) is 2. The zero-order valence-electron chi connectivity index (χ0n) is 9.11. The Balaban J connectivity index is 1.85. The van der Waals surface area contributed by atoms with Crippen molar-refractivity contribution in [2.45, 2.75) is 12.8 Å². The molecule has 0 saturated carbocycles. The molecule has 0 atom stereocenters. The van der Waals surface area contributed by atoms with Crippen LogP contribution < -0.4 is 5.32 Å². The lowest BCUT2D eigenvalue weighted by Crippen LogP contribution is -2.12. The third kappa shape index (κ3) is 3.60. The second-order valence-corrected chi connectivity index (χ2v) is 4.07. The monoisotopic (exact) mass is 249 g/mol. The molecule has 1 aromatic heterocycles. The van der Waals surface area contributed by atoms with Crippen LogP contribution in [0.1, 0.15) is 12.1 Å². The number of rotatable bonds is 4. The zero-order valence-corrected chi connectivity index (χ0v) is 9.87. The number of amides is 1. The predicted octanol–water partition coefficient (Wildman–Crippen LogP) is 2.63. The van der Waals surface area contributed by atoms with Gasteiger partial charge in [0.05, 0.1) is 6.33 Å². The van der Waals surface area contributed by atoms with Gasteiger partial charge in [-0.3, -0.25) is 4.79 Å². The minimum absolute atomic E-state index is 0.0399. The molecule has 0 bridgehead atoms. The molecule has 0 radical (unpaired) electrons. The molecule has 0 aliphatic heterocycles. The van der Waals surface area contributed by atoms with E-state index >= 15 is 0 Å². The van der Waals surface area contributed by atoms with E-state index in [0.29, 0.717) is 23.6 Å². The van der Waals surface area contributed by atoms with Gasteiger partial charge in [-0.25, -0.2) is 4.98 Å². The standard InChI is InChI=1S/C12H12ClN3O/c13-9-2-1-3-10(6-9)16-12(17)5-4-11-7-14-8-15-11/h1-3,6-8H,4-5H2,(H,14,15)(H,16,17). The first kappa shape index (κ1) is 11.7. The Morgan fingerprint density at radius 2 is 2.35 bits per heavy atom. The number of carbonyl (C=O) groups is 1. The van der Waals surface area contributed by atoms with Crippen molar-refractivity contribution in [1.29, 1.82) is 0 Å². The summed E-state index contributed by atoms with van der Waals surface area (Å²) in [6.45, 7) is 0. The number of hydrogen-bond donors (Lipinski definition) is 2. The fourth-order valence-electron chi connectivity index (χ4n) is 1.46. The van der Waals surface area contributed by atoms with Gasteiger partial charge in [-0.05, 0) is 24.6 Å². The lowest BCUT2D eigenvalue weighted by Gasteiger charge is -2.04. The number of imidazole rings is 1. The van der Waals surface area contributed by atoms with Gasteiger partial charge in [-0.1, -0.05) is 17.7 Å². The van der Waals surface area contributed by atoms with Gasteiger partial charge in [0.25, 0.3) is 0 Å². The molecular formula is C12H12ClN3O. The highest BCUT2D eigenvalue weighted by atomic mass is 35.5. The highest BCUT2D eigenvalue weighted by Crippen LogP contribution is 2.15. The number of H-pyrrole nitrogens is 1. The van der Waals surface area contributed by atoms with Gasteiger partial charge in [0.1, 0.15) is 0 Å². The lowest BCUT2D eigenvalue weighted by molar-refractivity contribution is -0.116. The first-order chi connectivity index (χ1) is 8.24. The van der Waals surface area contributed by atoms with Crippen LogP contribution in [0.5, 0.6) is 0 Å². The van der Waals surface area contributed by atoms with E-state index in [4.69, 9.17) is 11.6 Å². The Morgan fingerprint density at radius 1 is 1.47 bits per heavy atom. The molecule has 1 heterocycles. The Bertz CT molecular complexity index is 496. The smallest absolute Gasteiger partial charge is 0.224 e. The van der Waals surface area contributed by atoms with Crippen molar-refractivity contribution in [3.05, 3.63) is 47.5 Å². The molecule has 0 fully saturated rings. The van der Waals surface area contributed by atoms with E-state index in [-0.39, 0.29) is 5.91 Å². The molecule has 0 aliphatic rings. The van der Waals surface area contributed by atoms with Crippen LogP contribution in [0, 0.1) is 0 Å². The normalized spacial score (nSPS) is 10.2. The van der Waals surface area contributed by atoms with E-state index in [0.717, 1.165) is 5.69 Å². The maximum atomic E-state index is 11.6. The Kier molecular flexibility index (Phi) is 3.77. The Labute approximate surface area is 104 Å². The second-order valence-electron chi connectivity index (χ2n) is 3.64. The zero-order chi connectivity index (χ0) is 12.1. The molecule has 0 saturated heterocycles. The third-order valence-electron chi connectivity index (χ3n) is 2.28. The number of benzene rings is 1. The lowest BCUT2D eigenvalue weighted by atomic mass is 10.2. The van der Waals surface area contributed by atoms with Crippen LogP contribution in [-0.2, 0) is 11.2 Å². The fourth-order valence-corrected chi connectivity index (χ4v) is 1.65. The van der Waals surface area contributed by atoms with Crippen molar-refractivity contribution in [3.63, 3.8) is 0 Å². The second kappa shape index (κ2) is 5.50. The van der Waals surface area contributed by atoms with Crippen LogP contribution in [0.4, 0.5) is 5.69 Å². The summed E-state index contributed by atoms with van der Waals surface area (Å²) < 4.78 is 0. The molecule has 0 aliphatic carbocycles. The topological polar surface area (TPSA) is 57.8 Å². The maximum Gasteiger partial charge on any atom is 0.224 e. The van der Waals surface area contributed by atoms with Gasteiger partial charge in [0.15, 0.2) is 0 Å². The number of aryl methyl sites for hydroxylation is 1. The Morgan fingerprint density at radius 3 is 3.06 bits per heavy atom. The first-order valence-corrected chi connectivity index (χ1v) is 5.64. The number of aromatic nitrogens is 2. The van der Waals surface area contributed by atoms with Crippen LogP contribution >= 0.6 is 11.6 Å². The predicted molar refractivity (Wildman–Crippen MR) is 67.0 cm³/mol. The van der Waals surface area contributed by atoms with Gasteiger partial charge in [-0.2, -0.15) is 0 Å². The van der Waals surface area contributed by atoms with E-state index < -0.39 is 0 Å². The van der Waals surface area contributed by atoms with Crippen molar-refractivity contribution in [2.75, 3.05) is 5.32 Å². The molecule has 2 aromatic rings. The molecule has 0 spiro atoms. The van der Waals surface area contributed by atoms with Crippen molar-refractivity contribution in [1.82, 2.24) is 9.97 Å². The SMILES string of the molecule is O=C(CCc1cnc[nH]1)Nc1cccc(Cl)c1. The third-order valence-corrected chi connectivity index (χ3v) is 2.52. The highest BCUT2D eigenvalue weighted by molar-refractivity contribution is 6.30. The minimum atomic E-state index is -0.0399. The summed E-state index contributed by atoms with van der Waals surface area (Å²) in [6.07, 6.45) is 4.37. The van der Waals surface area contributed by atoms with E-state index in [1.165, 1.54) is 0 Å². The average Bonchev–Trinajstić information content (AvgIpc) is 2.79. The van der Waals surface area contributed by atoms with E-state index in [2.05, 4.69) is 15.3 Å². The van der Waals surface area contributed by atoms with Crippen LogP contribution in [0.25, 0.3) is 0 Å². The summed E-state index contributed by atoms with van der Waals surface area (Å²) in [4.78, 5) is 18.5. The van der Waals surface area contributed by atoms with Crippen molar-refractivity contribution in [3.8, 4) is 0 Å². The summed E-state index contributed by atoms with van der Waals surface area (Å²) in [6, 6.07) is 7.09. The summed E-state index contributed by atoms with van der Waals surface area (Å²) in [5.41, 5.74) is 1.67. The number of carbonyl (C=O) groups excluding carboxylic acids is 1. The number of halogens is 1. The van der Waals surface area contributed by atoms with Crippen molar-refractivity contribution >= 4 is 23.2 Å². The van der Waals surface area contributed by atoms with Crippen LogP contribution in [-0.4, -0.2) is 15.9 Å². The number of anilines is 1. The van der Waals surface area contributed by atoms with Gasteiger partial charge in [-0.15, -0.1) is 0 Å². The largest absolute Gasteiger partial charge is 0.348 e. The molecule has 88 valence electrons. The van der Waals surface area contributed by atoms with Crippen LogP contribution in [0.3, 0.4) is 0 Å². The average molecular weight is 250 g/mol. The molecule has 2 rings (SSSR count). The van der Waals surface area contributed by atoms with Gasteiger partial charge in [0.2, 0.25) is 5.91 Å². The molecule has 5 heteroatoms. The number of hydrogen-bond acceptors (Lipinski definition) is 2. The van der Waals surface area contributed by atoms with Gasteiger partial charge < -0.3 is 10.3 Å². The highest BCUT2D eigenvalue weighted by Gasteiger charge is 2.04. The molecule has 1 aromatic carbocycles. The fraction of sp³-hybridized carbons (Fsp3) is 0.167. The van der Waals surface area contributed by atoms with Crippen molar-refractivity contribution in [2.24, 2.45) is 0 Å². The van der Waals surface area contributed by atoms with Crippen LogP contribution in [0.2, 0.25) is 5.02 Å². The molecule has 17 heavy (non-hydrogen) atoms. The van der Waals surface area contributed by atoms with E-state index in [1.54, 1.807) is 36.8 Å². The summed E-state index contributed by atoms with van der Waals surface area (Å²) in [7, 11) is 0.